The highest BCUT2D eigenvalue weighted by Crippen LogP contribution is 2.13. The van der Waals surface area contributed by atoms with Gasteiger partial charge in [0.15, 0.2) is 0 Å². The summed E-state index contributed by atoms with van der Waals surface area (Å²) in [6, 6.07) is 0. The van der Waals surface area contributed by atoms with E-state index < -0.39 is 12.0 Å². The Morgan fingerprint density at radius 3 is 1.65 bits per heavy atom. The van der Waals surface area contributed by atoms with E-state index in [1.807, 2.05) is 0 Å². The van der Waals surface area contributed by atoms with Crippen LogP contribution in [0.5, 0.6) is 0 Å². The minimum atomic E-state index is -0.532. The summed E-state index contributed by atoms with van der Waals surface area (Å²) in [6.45, 7) is 2.26. The largest absolute Gasteiger partial charge is 0.393 e. The molecule has 3 nitrogen and oxygen atoms in total. The maximum absolute atomic E-state index is 10.6. The molecule has 0 aromatic carbocycles. The monoisotopic (exact) mass is 285 g/mol. The number of aliphatic hydroxyl groups excluding tert-OH is 1. The van der Waals surface area contributed by atoms with Crippen molar-refractivity contribution >= 4 is 5.91 Å². The van der Waals surface area contributed by atoms with E-state index in [1.165, 1.54) is 64.2 Å². The molecule has 0 rings (SSSR count). The van der Waals surface area contributed by atoms with Crippen molar-refractivity contribution < 1.29 is 9.90 Å². The van der Waals surface area contributed by atoms with Crippen molar-refractivity contribution in [3.05, 3.63) is 0 Å². The van der Waals surface area contributed by atoms with Gasteiger partial charge in [0.05, 0.1) is 12.5 Å². The van der Waals surface area contributed by atoms with Gasteiger partial charge in [0.25, 0.3) is 0 Å². The van der Waals surface area contributed by atoms with Crippen LogP contribution in [0.25, 0.3) is 0 Å². The van der Waals surface area contributed by atoms with E-state index in [2.05, 4.69) is 6.92 Å². The Balaban J connectivity index is 3.08. The quantitative estimate of drug-likeness (QED) is 0.440. The Morgan fingerprint density at radius 1 is 0.850 bits per heavy atom. The first kappa shape index (κ1) is 19.4. The molecule has 120 valence electrons. The minimum Gasteiger partial charge on any atom is -0.393 e. The van der Waals surface area contributed by atoms with Crippen molar-refractivity contribution in [2.75, 3.05) is 0 Å². The second-order valence-corrected chi connectivity index (χ2v) is 6.00. The van der Waals surface area contributed by atoms with Gasteiger partial charge in [-0.1, -0.05) is 84.0 Å². The predicted octanol–water partition coefficient (Wildman–Crippen LogP) is 4.31. The molecule has 1 unspecified atom stereocenters. The smallest absolute Gasteiger partial charge is 0.220 e. The van der Waals surface area contributed by atoms with Gasteiger partial charge in [0, 0.05) is 0 Å². The van der Waals surface area contributed by atoms with E-state index in [9.17, 15) is 9.90 Å². The standard InChI is InChI=1S/C17H35NO2/c1-2-3-4-5-6-7-8-9-10-11-12-13-14-16(19)15-17(18)20/h16,19H,2-15H2,1H3,(H2,18,20). The summed E-state index contributed by atoms with van der Waals surface area (Å²) in [5.41, 5.74) is 5.03. The van der Waals surface area contributed by atoms with E-state index in [4.69, 9.17) is 5.73 Å². The van der Waals surface area contributed by atoms with Crippen LogP contribution >= 0.6 is 0 Å². The number of carbonyl (C=O) groups excluding carboxylic acids is 1. The number of nitrogens with two attached hydrogens (primary N) is 1. The van der Waals surface area contributed by atoms with Crippen LogP contribution in [0, 0.1) is 0 Å². The summed E-state index contributed by atoms with van der Waals surface area (Å²) in [5, 5.41) is 9.48. The van der Waals surface area contributed by atoms with E-state index in [0.29, 0.717) is 6.42 Å². The first-order valence-electron chi connectivity index (χ1n) is 8.63. The zero-order valence-corrected chi connectivity index (χ0v) is 13.4. The lowest BCUT2D eigenvalue weighted by Gasteiger charge is -2.07. The van der Waals surface area contributed by atoms with E-state index in [-0.39, 0.29) is 6.42 Å². The lowest BCUT2D eigenvalue weighted by atomic mass is 10.0. The molecule has 0 aromatic rings. The van der Waals surface area contributed by atoms with Gasteiger partial charge in [-0.25, -0.2) is 0 Å². The molecule has 0 spiro atoms. The number of hydrogen-bond acceptors (Lipinski definition) is 2. The third kappa shape index (κ3) is 15.5. The molecule has 1 amide bonds. The SMILES string of the molecule is CCCCCCCCCCCCCCC(O)CC(N)=O. The third-order valence-corrected chi connectivity index (χ3v) is 3.83. The number of primary amides is 1. The molecule has 3 heteroatoms. The van der Waals surface area contributed by atoms with Gasteiger partial charge >= 0.3 is 0 Å². The van der Waals surface area contributed by atoms with Crippen LogP contribution in [0.4, 0.5) is 0 Å². The van der Waals surface area contributed by atoms with Gasteiger partial charge in [-0.2, -0.15) is 0 Å². The van der Waals surface area contributed by atoms with Crippen LogP contribution in [0.2, 0.25) is 0 Å². The predicted molar refractivity (Wildman–Crippen MR) is 85.5 cm³/mol. The Morgan fingerprint density at radius 2 is 1.25 bits per heavy atom. The van der Waals surface area contributed by atoms with Crippen molar-refractivity contribution in [2.24, 2.45) is 5.73 Å². The van der Waals surface area contributed by atoms with Crippen molar-refractivity contribution in [2.45, 2.75) is 103 Å². The number of unbranched alkanes of at least 4 members (excludes halogenated alkanes) is 11. The molecule has 20 heavy (non-hydrogen) atoms. The number of amides is 1. The summed E-state index contributed by atoms with van der Waals surface area (Å²) < 4.78 is 0. The molecule has 0 aliphatic heterocycles. The normalized spacial score (nSPS) is 12.5. The second-order valence-electron chi connectivity index (χ2n) is 6.00. The van der Waals surface area contributed by atoms with Gasteiger partial charge in [-0.15, -0.1) is 0 Å². The second kappa shape index (κ2) is 14.8. The summed E-state index contributed by atoms with van der Waals surface area (Å²) in [5.74, 6) is -0.406. The first-order chi connectivity index (χ1) is 9.66. The number of carbonyl (C=O) groups is 1. The fourth-order valence-electron chi connectivity index (χ4n) is 2.56. The van der Waals surface area contributed by atoms with Crippen LogP contribution in [0.15, 0.2) is 0 Å². The lowest BCUT2D eigenvalue weighted by Crippen LogP contribution is -2.19. The third-order valence-electron chi connectivity index (χ3n) is 3.83. The maximum atomic E-state index is 10.6. The van der Waals surface area contributed by atoms with Gasteiger partial charge in [0.2, 0.25) is 5.91 Å². The lowest BCUT2D eigenvalue weighted by molar-refractivity contribution is -0.119. The molecular formula is C17H35NO2. The average molecular weight is 285 g/mol. The molecule has 0 aromatic heterocycles. The highest BCUT2D eigenvalue weighted by molar-refractivity contribution is 5.74. The van der Waals surface area contributed by atoms with Crippen LogP contribution in [-0.4, -0.2) is 17.1 Å². The van der Waals surface area contributed by atoms with Gasteiger partial charge in [-0.3, -0.25) is 4.79 Å². The molecule has 0 saturated carbocycles. The zero-order valence-electron chi connectivity index (χ0n) is 13.4. The Kier molecular flexibility index (Phi) is 14.4. The summed E-state index contributed by atoms with van der Waals surface area (Å²) >= 11 is 0. The van der Waals surface area contributed by atoms with E-state index >= 15 is 0 Å². The van der Waals surface area contributed by atoms with Crippen molar-refractivity contribution in [1.82, 2.24) is 0 Å². The van der Waals surface area contributed by atoms with Gasteiger partial charge in [0.1, 0.15) is 0 Å². The molecule has 0 aliphatic rings. The first-order valence-corrected chi connectivity index (χ1v) is 8.63. The molecule has 0 bridgehead atoms. The van der Waals surface area contributed by atoms with E-state index in [0.717, 1.165) is 12.8 Å². The summed E-state index contributed by atoms with van der Waals surface area (Å²) in [4.78, 5) is 10.6. The maximum Gasteiger partial charge on any atom is 0.220 e. The van der Waals surface area contributed by atoms with Gasteiger partial charge in [-0.05, 0) is 6.42 Å². The van der Waals surface area contributed by atoms with Crippen LogP contribution in [-0.2, 0) is 4.79 Å². The molecule has 0 saturated heterocycles. The molecule has 1 atom stereocenters. The zero-order chi connectivity index (χ0) is 15.1. The van der Waals surface area contributed by atoms with Crippen molar-refractivity contribution in [1.29, 1.82) is 0 Å². The minimum absolute atomic E-state index is 0.109. The number of rotatable bonds is 15. The highest BCUT2D eigenvalue weighted by Gasteiger charge is 2.06. The molecule has 3 N–H and O–H groups in total. The molecule has 0 radical (unpaired) electrons. The average Bonchev–Trinajstić information content (AvgIpc) is 2.39. The molecule has 0 heterocycles. The van der Waals surface area contributed by atoms with Crippen molar-refractivity contribution in [3.63, 3.8) is 0 Å². The Bertz CT molecular complexity index is 219. The molecule has 0 aliphatic carbocycles. The highest BCUT2D eigenvalue weighted by atomic mass is 16.3. The number of aliphatic hydroxyl groups is 1. The topological polar surface area (TPSA) is 63.3 Å². The summed E-state index contributed by atoms with van der Waals surface area (Å²) in [7, 11) is 0. The van der Waals surface area contributed by atoms with Crippen LogP contribution in [0.1, 0.15) is 96.8 Å². The van der Waals surface area contributed by atoms with E-state index in [1.54, 1.807) is 0 Å². The Labute approximate surface area is 125 Å². The Hall–Kier alpha value is -0.570. The van der Waals surface area contributed by atoms with Gasteiger partial charge < -0.3 is 10.8 Å². The number of hydrogen-bond donors (Lipinski definition) is 2. The fourth-order valence-corrected chi connectivity index (χ4v) is 2.56. The fraction of sp³-hybridized carbons (Fsp3) is 0.941. The summed E-state index contributed by atoms with van der Waals surface area (Å²) in [6.07, 6.45) is 16.0. The molecule has 0 fully saturated rings. The molecular weight excluding hydrogens is 250 g/mol. The van der Waals surface area contributed by atoms with Crippen LogP contribution in [0.3, 0.4) is 0 Å². The van der Waals surface area contributed by atoms with Crippen LogP contribution < -0.4 is 5.73 Å². The van der Waals surface area contributed by atoms with Crippen molar-refractivity contribution in [3.8, 4) is 0 Å².